The second kappa shape index (κ2) is 5.66. The first kappa shape index (κ1) is 10.1. The van der Waals surface area contributed by atoms with Crippen LogP contribution in [0.5, 0.6) is 0 Å². The monoisotopic (exact) mass is 199 g/mol. The smallest absolute Gasteiger partial charge is 0.234 e. The van der Waals surface area contributed by atoms with Crippen LogP contribution >= 0.6 is 11.3 Å². The van der Waals surface area contributed by atoms with Gasteiger partial charge in [-0.25, -0.2) is 10.4 Å². The molecule has 0 fully saturated rings. The molecule has 0 aliphatic heterocycles. The van der Waals surface area contributed by atoms with Gasteiger partial charge in [0.05, 0.1) is 17.7 Å². The van der Waals surface area contributed by atoms with Crippen LogP contribution in [0.15, 0.2) is 10.9 Å². The van der Waals surface area contributed by atoms with Crippen molar-refractivity contribution < 1.29 is 4.79 Å². The molecule has 1 aromatic heterocycles. The van der Waals surface area contributed by atoms with Crippen LogP contribution in [-0.2, 0) is 11.3 Å². The minimum Gasteiger partial charge on any atom is -0.291 e. The molecule has 1 amide bonds. The molecular formula is C8H13N3OS. The zero-order chi connectivity index (χ0) is 9.52. The predicted octanol–water partition coefficient (Wildman–Crippen LogP) is 1.06. The lowest BCUT2D eigenvalue weighted by molar-refractivity contribution is -0.122. The van der Waals surface area contributed by atoms with Crippen LogP contribution in [0.3, 0.4) is 0 Å². The number of carbonyl (C=O) groups excluding carboxylic acids is 1. The Balaban J connectivity index is 2.11. The lowest BCUT2D eigenvalue weighted by atomic mass is 10.3. The highest BCUT2D eigenvalue weighted by molar-refractivity contribution is 7.07. The quantitative estimate of drug-likeness (QED) is 0.697. The Morgan fingerprint density at radius 3 is 3.15 bits per heavy atom. The Morgan fingerprint density at radius 1 is 1.69 bits per heavy atom. The molecule has 0 spiro atoms. The summed E-state index contributed by atoms with van der Waals surface area (Å²) in [5, 5.41) is 1.94. The molecule has 0 saturated heterocycles. The molecule has 5 heteroatoms. The zero-order valence-electron chi connectivity index (χ0n) is 7.54. The van der Waals surface area contributed by atoms with E-state index in [0.29, 0.717) is 13.0 Å². The van der Waals surface area contributed by atoms with Crippen LogP contribution in [0.4, 0.5) is 0 Å². The van der Waals surface area contributed by atoms with E-state index in [1.54, 1.807) is 16.8 Å². The maximum Gasteiger partial charge on any atom is 0.234 e. The molecular weight excluding hydrogens is 186 g/mol. The highest BCUT2D eigenvalue weighted by Gasteiger charge is 1.98. The number of aromatic nitrogens is 1. The van der Waals surface area contributed by atoms with Crippen molar-refractivity contribution in [3.63, 3.8) is 0 Å². The summed E-state index contributed by atoms with van der Waals surface area (Å²) in [6, 6.07) is 0. The standard InChI is InChI=1S/C8H13N3OS/c1-2-3-8(12)11-10-4-7-5-13-6-9-7/h5-6,10H,2-4H2,1H3,(H,11,12). The fourth-order valence-electron chi connectivity index (χ4n) is 0.848. The van der Waals surface area contributed by atoms with E-state index < -0.39 is 0 Å². The van der Waals surface area contributed by atoms with Gasteiger partial charge in [-0.3, -0.25) is 10.2 Å². The molecule has 0 bridgehead atoms. The van der Waals surface area contributed by atoms with Gasteiger partial charge in [0, 0.05) is 11.8 Å². The number of amides is 1. The first-order valence-electron chi connectivity index (χ1n) is 4.21. The zero-order valence-corrected chi connectivity index (χ0v) is 8.36. The van der Waals surface area contributed by atoms with Crippen molar-refractivity contribution in [2.24, 2.45) is 0 Å². The van der Waals surface area contributed by atoms with Gasteiger partial charge in [-0.15, -0.1) is 11.3 Å². The van der Waals surface area contributed by atoms with Crippen molar-refractivity contribution in [3.8, 4) is 0 Å². The van der Waals surface area contributed by atoms with Gasteiger partial charge in [0.25, 0.3) is 0 Å². The SMILES string of the molecule is CCCC(=O)NNCc1cscn1. The number of nitrogens with one attached hydrogen (secondary N) is 2. The molecule has 0 atom stereocenters. The van der Waals surface area contributed by atoms with E-state index in [2.05, 4.69) is 15.8 Å². The normalized spacial score (nSPS) is 9.92. The first-order valence-corrected chi connectivity index (χ1v) is 5.16. The van der Waals surface area contributed by atoms with Crippen molar-refractivity contribution in [2.45, 2.75) is 26.3 Å². The maximum absolute atomic E-state index is 11.0. The van der Waals surface area contributed by atoms with Gasteiger partial charge in [0.1, 0.15) is 0 Å². The summed E-state index contributed by atoms with van der Waals surface area (Å²) in [4.78, 5) is 15.0. The molecule has 72 valence electrons. The van der Waals surface area contributed by atoms with Gasteiger partial charge in [-0.1, -0.05) is 6.92 Å². The van der Waals surface area contributed by atoms with Crippen molar-refractivity contribution >= 4 is 17.2 Å². The summed E-state index contributed by atoms with van der Waals surface area (Å²) in [6.45, 7) is 2.55. The van der Waals surface area contributed by atoms with E-state index in [0.717, 1.165) is 12.1 Å². The van der Waals surface area contributed by atoms with Gasteiger partial charge in [-0.2, -0.15) is 0 Å². The minimum absolute atomic E-state index is 0.0257. The number of hydrazine groups is 1. The van der Waals surface area contributed by atoms with Gasteiger partial charge in [0.2, 0.25) is 5.91 Å². The molecule has 1 aromatic rings. The lowest BCUT2D eigenvalue weighted by Crippen LogP contribution is -2.36. The number of carbonyl (C=O) groups is 1. The average Bonchev–Trinajstić information content (AvgIpc) is 2.57. The van der Waals surface area contributed by atoms with Crippen LogP contribution in [-0.4, -0.2) is 10.9 Å². The largest absolute Gasteiger partial charge is 0.291 e. The number of thiazole rings is 1. The molecule has 4 nitrogen and oxygen atoms in total. The summed E-state index contributed by atoms with van der Waals surface area (Å²) in [7, 11) is 0. The number of hydrogen-bond acceptors (Lipinski definition) is 4. The summed E-state index contributed by atoms with van der Waals surface area (Å²) in [6.07, 6.45) is 1.42. The molecule has 0 aliphatic rings. The van der Waals surface area contributed by atoms with Gasteiger partial charge < -0.3 is 0 Å². The summed E-state index contributed by atoms with van der Waals surface area (Å²) in [5.41, 5.74) is 8.13. The molecule has 1 rings (SSSR count). The Morgan fingerprint density at radius 2 is 2.54 bits per heavy atom. The molecule has 0 aromatic carbocycles. The van der Waals surface area contributed by atoms with Crippen LogP contribution in [0.2, 0.25) is 0 Å². The second-order valence-corrected chi connectivity index (χ2v) is 3.35. The van der Waals surface area contributed by atoms with Gasteiger partial charge in [0.15, 0.2) is 0 Å². The van der Waals surface area contributed by atoms with Gasteiger partial charge >= 0.3 is 0 Å². The number of nitrogens with zero attached hydrogens (tertiary/aromatic N) is 1. The van der Waals surface area contributed by atoms with E-state index >= 15 is 0 Å². The van der Waals surface area contributed by atoms with Crippen molar-refractivity contribution in [3.05, 3.63) is 16.6 Å². The topological polar surface area (TPSA) is 54.0 Å². The Hall–Kier alpha value is -0.940. The Labute approximate surface area is 81.3 Å². The minimum atomic E-state index is 0.0257. The molecule has 0 saturated carbocycles. The highest BCUT2D eigenvalue weighted by Crippen LogP contribution is 1.98. The van der Waals surface area contributed by atoms with Crippen molar-refractivity contribution in [1.82, 2.24) is 15.8 Å². The van der Waals surface area contributed by atoms with Crippen LogP contribution in [0, 0.1) is 0 Å². The predicted molar refractivity (Wildman–Crippen MR) is 52.0 cm³/mol. The fourth-order valence-corrected chi connectivity index (χ4v) is 1.41. The van der Waals surface area contributed by atoms with Crippen LogP contribution in [0.1, 0.15) is 25.5 Å². The summed E-state index contributed by atoms with van der Waals surface area (Å²) >= 11 is 1.54. The number of hydrogen-bond donors (Lipinski definition) is 2. The summed E-state index contributed by atoms with van der Waals surface area (Å²) in [5.74, 6) is 0.0257. The fraction of sp³-hybridized carbons (Fsp3) is 0.500. The molecule has 0 radical (unpaired) electrons. The van der Waals surface area contributed by atoms with E-state index in [4.69, 9.17) is 0 Å². The molecule has 0 aliphatic carbocycles. The molecule has 0 unspecified atom stereocenters. The highest BCUT2D eigenvalue weighted by atomic mass is 32.1. The van der Waals surface area contributed by atoms with Crippen LogP contribution in [0.25, 0.3) is 0 Å². The first-order chi connectivity index (χ1) is 6.33. The lowest BCUT2D eigenvalue weighted by Gasteiger charge is -2.03. The third kappa shape index (κ3) is 4.00. The van der Waals surface area contributed by atoms with E-state index in [9.17, 15) is 4.79 Å². The van der Waals surface area contributed by atoms with Gasteiger partial charge in [-0.05, 0) is 6.42 Å². The molecule has 13 heavy (non-hydrogen) atoms. The summed E-state index contributed by atoms with van der Waals surface area (Å²) < 4.78 is 0. The Kier molecular flexibility index (Phi) is 4.42. The third-order valence-corrected chi connectivity index (χ3v) is 2.09. The van der Waals surface area contributed by atoms with Crippen LogP contribution < -0.4 is 10.9 Å². The molecule has 1 heterocycles. The molecule has 2 N–H and O–H groups in total. The van der Waals surface area contributed by atoms with E-state index in [1.807, 2.05) is 12.3 Å². The number of rotatable bonds is 5. The van der Waals surface area contributed by atoms with E-state index in [1.165, 1.54) is 0 Å². The second-order valence-electron chi connectivity index (χ2n) is 2.63. The van der Waals surface area contributed by atoms with Crippen molar-refractivity contribution in [2.75, 3.05) is 0 Å². The van der Waals surface area contributed by atoms with Crippen molar-refractivity contribution in [1.29, 1.82) is 0 Å². The van der Waals surface area contributed by atoms with E-state index in [-0.39, 0.29) is 5.91 Å². The third-order valence-electron chi connectivity index (χ3n) is 1.46. The Bertz CT molecular complexity index is 248. The maximum atomic E-state index is 11.0. The average molecular weight is 199 g/mol.